The number of carbonyl (C=O) groups excluding carboxylic acids is 2. The maximum atomic E-state index is 12.0. The maximum absolute atomic E-state index is 12.0. The minimum Gasteiger partial charge on any atom is -0.341 e. The fraction of sp³-hybridized carbons (Fsp3) is 0.273. The lowest BCUT2D eigenvalue weighted by Crippen LogP contribution is -2.34. The summed E-state index contributed by atoms with van der Waals surface area (Å²) in [6.45, 7) is 1.36. The molecule has 4 heterocycles. The van der Waals surface area contributed by atoms with Gasteiger partial charge in [-0.3, -0.25) is 14.9 Å². The average Bonchev–Trinajstić information content (AvgIpc) is 3.36. The lowest BCUT2D eigenvalue weighted by molar-refractivity contribution is -0.124. The van der Waals surface area contributed by atoms with Gasteiger partial charge in [0.25, 0.3) is 5.91 Å². The van der Waals surface area contributed by atoms with E-state index in [2.05, 4.69) is 26.7 Å². The molecule has 5 rings (SSSR count). The first kappa shape index (κ1) is 19.7. The molecule has 2 saturated heterocycles. The van der Waals surface area contributed by atoms with Crippen LogP contribution in [0.1, 0.15) is 24.8 Å². The number of nitriles is 1. The Labute approximate surface area is 183 Å². The molecule has 2 N–H and O–H groups in total. The smallest absolute Gasteiger partial charge is 0.254 e. The van der Waals surface area contributed by atoms with Crippen LogP contribution in [0.5, 0.6) is 0 Å². The number of para-hydroxylation sites is 1. The molecule has 0 saturated carbocycles. The summed E-state index contributed by atoms with van der Waals surface area (Å²) in [7, 11) is 0. The normalized spacial score (nSPS) is 18.2. The molecule has 10 nitrogen and oxygen atoms in total. The zero-order valence-corrected chi connectivity index (χ0v) is 17.2. The molecule has 0 spiro atoms. The number of fused-ring (bicyclic) bond motifs is 1. The molecule has 10 heteroatoms. The second-order valence-corrected chi connectivity index (χ2v) is 7.79. The van der Waals surface area contributed by atoms with Gasteiger partial charge < -0.3 is 10.2 Å². The highest BCUT2D eigenvalue weighted by atomic mass is 16.2. The number of imide groups is 1. The van der Waals surface area contributed by atoms with Gasteiger partial charge in [0.2, 0.25) is 17.8 Å². The Morgan fingerprint density at radius 2 is 1.94 bits per heavy atom. The van der Waals surface area contributed by atoms with Crippen molar-refractivity contribution >= 4 is 41.1 Å². The third kappa shape index (κ3) is 3.76. The molecule has 3 aromatic rings. The molecule has 2 aromatic heterocycles. The standard InChI is InChI=1S/C22H20N8O2/c23-12-14-6-8-29(9-7-14)21-27-19-16(10-15-11-18(31)26-20(15)32)13-24-30(19)22(28-21)25-17-4-2-1-3-5-17/h1-5,10,13-14H,6-9,11H2,(H,25,27,28)(H,26,31,32). The molecule has 2 aliphatic rings. The summed E-state index contributed by atoms with van der Waals surface area (Å²) < 4.78 is 1.58. The molecule has 0 aliphatic carbocycles. The Morgan fingerprint density at radius 3 is 2.62 bits per heavy atom. The molecular weight excluding hydrogens is 408 g/mol. The number of anilines is 3. The van der Waals surface area contributed by atoms with Crippen molar-refractivity contribution in [1.82, 2.24) is 24.9 Å². The second-order valence-electron chi connectivity index (χ2n) is 7.79. The monoisotopic (exact) mass is 428 g/mol. The third-order valence-corrected chi connectivity index (χ3v) is 5.60. The molecule has 2 amide bonds. The van der Waals surface area contributed by atoms with Gasteiger partial charge >= 0.3 is 0 Å². The summed E-state index contributed by atoms with van der Waals surface area (Å²) in [5.74, 6) is 0.338. The number of nitrogens with one attached hydrogen (secondary N) is 2. The summed E-state index contributed by atoms with van der Waals surface area (Å²) in [6.07, 6.45) is 4.79. The molecule has 0 atom stereocenters. The van der Waals surface area contributed by atoms with E-state index in [1.54, 1.807) is 16.8 Å². The van der Waals surface area contributed by atoms with Gasteiger partial charge in [-0.25, -0.2) is 0 Å². The summed E-state index contributed by atoms with van der Waals surface area (Å²) >= 11 is 0. The van der Waals surface area contributed by atoms with Gasteiger partial charge in [0.15, 0.2) is 5.65 Å². The van der Waals surface area contributed by atoms with E-state index in [0.29, 0.717) is 41.8 Å². The summed E-state index contributed by atoms with van der Waals surface area (Å²) in [5, 5.41) is 19.2. The third-order valence-electron chi connectivity index (χ3n) is 5.60. The highest BCUT2D eigenvalue weighted by Gasteiger charge is 2.26. The largest absolute Gasteiger partial charge is 0.341 e. The predicted molar refractivity (Wildman–Crippen MR) is 117 cm³/mol. The van der Waals surface area contributed by atoms with Gasteiger partial charge in [0, 0.05) is 35.8 Å². The highest BCUT2D eigenvalue weighted by Crippen LogP contribution is 2.26. The van der Waals surface area contributed by atoms with Crippen molar-refractivity contribution in [2.45, 2.75) is 19.3 Å². The molecule has 160 valence electrons. The number of carbonyl (C=O) groups is 2. The first-order valence-electron chi connectivity index (χ1n) is 10.4. The highest BCUT2D eigenvalue weighted by molar-refractivity contribution is 6.15. The molecule has 0 bridgehead atoms. The quantitative estimate of drug-likeness (QED) is 0.477. The van der Waals surface area contributed by atoms with E-state index in [0.717, 1.165) is 18.5 Å². The van der Waals surface area contributed by atoms with Gasteiger partial charge in [0.05, 0.1) is 18.7 Å². The Hall–Kier alpha value is -4.26. The first-order valence-corrected chi connectivity index (χ1v) is 10.4. The van der Waals surface area contributed by atoms with Gasteiger partial charge in [-0.2, -0.15) is 24.8 Å². The zero-order valence-electron chi connectivity index (χ0n) is 17.2. The summed E-state index contributed by atoms with van der Waals surface area (Å²) in [4.78, 5) is 35.1. The number of benzene rings is 1. The number of hydrogen-bond donors (Lipinski definition) is 2. The van der Waals surface area contributed by atoms with Crippen LogP contribution in [-0.4, -0.2) is 44.5 Å². The lowest BCUT2D eigenvalue weighted by atomic mass is 9.99. The van der Waals surface area contributed by atoms with Crippen LogP contribution in [-0.2, 0) is 9.59 Å². The minimum atomic E-state index is -0.398. The number of aromatic nitrogens is 4. The van der Waals surface area contributed by atoms with Crippen molar-refractivity contribution in [3.8, 4) is 6.07 Å². The van der Waals surface area contributed by atoms with Gasteiger partial charge in [-0.05, 0) is 31.1 Å². The van der Waals surface area contributed by atoms with Crippen LogP contribution in [0.25, 0.3) is 11.7 Å². The first-order chi connectivity index (χ1) is 15.6. The van der Waals surface area contributed by atoms with Crippen LogP contribution in [0.3, 0.4) is 0 Å². The van der Waals surface area contributed by atoms with Crippen LogP contribution in [0.2, 0.25) is 0 Å². The second kappa shape index (κ2) is 8.11. The van der Waals surface area contributed by atoms with Crippen LogP contribution < -0.4 is 15.5 Å². The van der Waals surface area contributed by atoms with E-state index < -0.39 is 5.91 Å². The van der Waals surface area contributed by atoms with Crippen LogP contribution in [0.4, 0.5) is 17.6 Å². The van der Waals surface area contributed by atoms with E-state index in [-0.39, 0.29) is 18.2 Å². The molecule has 1 aromatic carbocycles. The molecule has 2 aliphatic heterocycles. The van der Waals surface area contributed by atoms with Crippen LogP contribution in [0.15, 0.2) is 42.1 Å². The van der Waals surface area contributed by atoms with Crippen molar-refractivity contribution in [2.75, 3.05) is 23.3 Å². The summed E-state index contributed by atoms with van der Waals surface area (Å²) in [5.41, 5.74) is 2.36. The number of nitrogens with zero attached hydrogens (tertiary/aromatic N) is 6. The van der Waals surface area contributed by atoms with E-state index in [9.17, 15) is 14.9 Å². The Kier molecular flexibility index (Phi) is 4.99. The summed E-state index contributed by atoms with van der Waals surface area (Å²) in [6, 6.07) is 12.0. The van der Waals surface area contributed by atoms with Gasteiger partial charge in [-0.1, -0.05) is 18.2 Å². The number of amides is 2. The van der Waals surface area contributed by atoms with Crippen molar-refractivity contribution in [3.63, 3.8) is 0 Å². The van der Waals surface area contributed by atoms with E-state index in [1.807, 2.05) is 30.3 Å². The van der Waals surface area contributed by atoms with Crippen molar-refractivity contribution < 1.29 is 9.59 Å². The van der Waals surface area contributed by atoms with Gasteiger partial charge in [-0.15, -0.1) is 0 Å². The predicted octanol–water partition coefficient (Wildman–Crippen LogP) is 2.04. The van der Waals surface area contributed by atoms with Crippen molar-refractivity contribution in [1.29, 1.82) is 5.26 Å². The maximum Gasteiger partial charge on any atom is 0.254 e. The lowest BCUT2D eigenvalue weighted by Gasteiger charge is -2.29. The fourth-order valence-corrected chi connectivity index (χ4v) is 3.88. The van der Waals surface area contributed by atoms with Crippen molar-refractivity contribution in [2.24, 2.45) is 5.92 Å². The molecule has 2 fully saturated rings. The number of rotatable bonds is 4. The van der Waals surface area contributed by atoms with Crippen molar-refractivity contribution in [3.05, 3.63) is 47.7 Å². The average molecular weight is 428 g/mol. The number of hydrogen-bond acceptors (Lipinski definition) is 8. The molecular formula is C22H20N8O2. The fourth-order valence-electron chi connectivity index (χ4n) is 3.88. The Balaban J connectivity index is 1.57. The SMILES string of the molecule is N#CC1CCN(c2nc(Nc3ccccc3)n3ncc(C=C4CC(=O)NC4=O)c3n2)CC1. The van der Waals surface area contributed by atoms with Gasteiger partial charge in [0.1, 0.15) is 0 Å². The zero-order chi connectivity index (χ0) is 22.1. The Morgan fingerprint density at radius 1 is 1.16 bits per heavy atom. The minimum absolute atomic E-state index is 0.0326. The molecule has 0 radical (unpaired) electrons. The van der Waals surface area contributed by atoms with E-state index in [4.69, 9.17) is 9.97 Å². The van der Waals surface area contributed by atoms with Crippen LogP contribution in [0, 0.1) is 17.2 Å². The topological polar surface area (TPSA) is 128 Å². The van der Waals surface area contributed by atoms with Crippen LogP contribution >= 0.6 is 0 Å². The Bertz CT molecular complexity index is 1270. The van der Waals surface area contributed by atoms with E-state index >= 15 is 0 Å². The van der Waals surface area contributed by atoms with E-state index in [1.165, 1.54) is 0 Å². The molecule has 0 unspecified atom stereocenters. The molecule has 32 heavy (non-hydrogen) atoms. The number of piperidine rings is 1.